The fourth-order valence-corrected chi connectivity index (χ4v) is 4.58. The van der Waals surface area contributed by atoms with Crippen LogP contribution in [0.5, 0.6) is 6.01 Å². The molecule has 0 saturated carbocycles. The largest absolute Gasteiger partial charge is 0.455 e. The van der Waals surface area contributed by atoms with Gasteiger partial charge in [-0.15, -0.1) is 0 Å². The third-order valence-electron chi connectivity index (χ3n) is 6.41. The van der Waals surface area contributed by atoms with E-state index in [1.807, 2.05) is 12.1 Å². The Morgan fingerprint density at radius 2 is 1.97 bits per heavy atom. The summed E-state index contributed by atoms with van der Waals surface area (Å²) in [5.74, 6) is 1.03. The Bertz CT molecular complexity index is 1510. The number of hydrogen-bond acceptors (Lipinski definition) is 8. The van der Waals surface area contributed by atoms with Crippen LogP contribution in [-0.4, -0.2) is 43.2 Å². The molecule has 1 aliphatic heterocycles. The molecule has 11 nitrogen and oxygen atoms in total. The van der Waals surface area contributed by atoms with Crippen LogP contribution in [0.1, 0.15) is 42.9 Å². The van der Waals surface area contributed by atoms with Crippen molar-refractivity contribution in [2.75, 3.05) is 13.2 Å². The summed E-state index contributed by atoms with van der Waals surface area (Å²) in [6.07, 6.45) is 4.82. The van der Waals surface area contributed by atoms with Crippen molar-refractivity contribution in [1.82, 2.24) is 23.7 Å². The van der Waals surface area contributed by atoms with E-state index in [-0.39, 0.29) is 43.2 Å². The van der Waals surface area contributed by atoms with Crippen LogP contribution in [-0.2, 0) is 36.2 Å². The molecule has 1 aliphatic rings. The molecular formula is C26H30ClN5O6. The lowest BCUT2D eigenvalue weighted by Crippen LogP contribution is -2.40. The monoisotopic (exact) mass is 543 g/mol. The van der Waals surface area contributed by atoms with Crippen molar-refractivity contribution in [1.29, 1.82) is 0 Å². The Kier molecular flexibility index (Phi) is 7.96. The minimum Gasteiger partial charge on any atom is -0.455 e. The smallest absolute Gasteiger partial charge is 0.332 e. The first kappa shape index (κ1) is 26.2. The van der Waals surface area contributed by atoms with Gasteiger partial charge in [-0.1, -0.05) is 23.7 Å². The lowest BCUT2D eigenvalue weighted by Gasteiger charge is -2.22. The fourth-order valence-electron chi connectivity index (χ4n) is 4.45. The molecule has 1 unspecified atom stereocenters. The first-order chi connectivity index (χ1) is 18.4. The van der Waals surface area contributed by atoms with Crippen LogP contribution in [0.25, 0.3) is 11.2 Å². The molecule has 0 bridgehead atoms. The summed E-state index contributed by atoms with van der Waals surface area (Å²) in [7, 11) is 1.59. The summed E-state index contributed by atoms with van der Waals surface area (Å²) in [6, 6.07) is 7.45. The highest BCUT2D eigenvalue weighted by Gasteiger charge is 2.22. The Labute approximate surface area is 223 Å². The van der Waals surface area contributed by atoms with Gasteiger partial charge in [0.25, 0.3) is 11.6 Å². The number of hydrogen-bond donors (Lipinski definition) is 0. The molecule has 0 radical (unpaired) electrons. The van der Waals surface area contributed by atoms with Gasteiger partial charge in [-0.3, -0.25) is 18.5 Å². The second-order valence-electron chi connectivity index (χ2n) is 9.25. The predicted molar refractivity (Wildman–Crippen MR) is 140 cm³/mol. The first-order valence-electron chi connectivity index (χ1n) is 12.6. The van der Waals surface area contributed by atoms with Crippen LogP contribution in [0.15, 0.2) is 44.5 Å². The van der Waals surface area contributed by atoms with Crippen molar-refractivity contribution in [3.63, 3.8) is 0 Å². The maximum Gasteiger partial charge on any atom is 0.332 e. The molecule has 5 rings (SSSR count). The van der Waals surface area contributed by atoms with Gasteiger partial charge in [0.15, 0.2) is 24.1 Å². The van der Waals surface area contributed by atoms with E-state index in [1.54, 1.807) is 36.9 Å². The lowest BCUT2D eigenvalue weighted by molar-refractivity contribution is -0.163. The van der Waals surface area contributed by atoms with E-state index >= 15 is 0 Å². The van der Waals surface area contributed by atoms with Gasteiger partial charge in [0.1, 0.15) is 5.76 Å². The van der Waals surface area contributed by atoms with Crippen LogP contribution in [0.4, 0.5) is 0 Å². The zero-order chi connectivity index (χ0) is 26.6. The number of aryl methyl sites for hydroxylation is 2. The zero-order valence-corrected chi connectivity index (χ0v) is 22.1. The van der Waals surface area contributed by atoms with Crippen LogP contribution >= 0.6 is 11.6 Å². The number of benzene rings is 1. The normalized spacial score (nSPS) is 15.8. The molecule has 4 aromatic rings. The Morgan fingerprint density at radius 3 is 2.68 bits per heavy atom. The van der Waals surface area contributed by atoms with Crippen molar-refractivity contribution < 1.29 is 18.6 Å². The third-order valence-corrected chi connectivity index (χ3v) is 6.66. The van der Waals surface area contributed by atoms with Crippen LogP contribution in [0, 0.1) is 6.92 Å². The fraction of sp³-hybridized carbons (Fsp3) is 0.462. The number of halogens is 1. The summed E-state index contributed by atoms with van der Waals surface area (Å²) >= 11 is 6.06. The van der Waals surface area contributed by atoms with Crippen molar-refractivity contribution in [3.8, 4) is 6.01 Å². The van der Waals surface area contributed by atoms with Gasteiger partial charge in [0.05, 0.1) is 19.3 Å². The lowest BCUT2D eigenvalue weighted by atomic mass is 10.2. The number of imidazole rings is 1. The summed E-state index contributed by atoms with van der Waals surface area (Å²) < 4.78 is 27.1. The highest BCUT2D eigenvalue weighted by molar-refractivity contribution is 6.30. The van der Waals surface area contributed by atoms with Crippen molar-refractivity contribution in [2.45, 2.75) is 58.6 Å². The van der Waals surface area contributed by atoms with Gasteiger partial charge in [-0.2, -0.15) is 4.98 Å². The van der Waals surface area contributed by atoms with E-state index in [0.29, 0.717) is 36.3 Å². The number of fused-ring (bicyclic) bond motifs is 1. The van der Waals surface area contributed by atoms with Crippen LogP contribution < -0.4 is 16.0 Å². The summed E-state index contributed by atoms with van der Waals surface area (Å²) in [4.78, 5) is 35.5. The van der Waals surface area contributed by atoms with Gasteiger partial charge in [0.2, 0.25) is 5.89 Å². The molecule has 1 atom stereocenters. The van der Waals surface area contributed by atoms with Crippen molar-refractivity contribution >= 4 is 22.8 Å². The summed E-state index contributed by atoms with van der Waals surface area (Å²) in [6.45, 7) is 3.36. The Morgan fingerprint density at radius 1 is 1.16 bits per heavy atom. The predicted octanol–water partition coefficient (Wildman–Crippen LogP) is 3.41. The van der Waals surface area contributed by atoms with Crippen LogP contribution in [0.3, 0.4) is 0 Å². The minimum absolute atomic E-state index is 0.0144. The molecule has 1 aromatic carbocycles. The second kappa shape index (κ2) is 11.5. The maximum absolute atomic E-state index is 13.7. The standard InChI is InChI=1S/C26H30ClN5O6/c1-17-14-28-20(38-17)16-37-25-29-23-22(32(25)15-18-7-9-19(27)10-8-18)24(33)31(26(34)30(23)2)11-5-13-36-21-6-3-4-12-35-21/h7-10,14,21H,3-6,11-13,15-16H2,1-2H3. The van der Waals surface area contributed by atoms with Crippen molar-refractivity contribution in [2.24, 2.45) is 7.05 Å². The minimum atomic E-state index is -0.456. The topological polar surface area (TPSA) is 116 Å². The SMILES string of the molecule is Cc1cnc(COc2nc3c(c(=O)n(CCCOC4CCCCO4)c(=O)n3C)n2Cc2ccc(Cl)cc2)o1. The Balaban J connectivity index is 1.46. The highest BCUT2D eigenvalue weighted by atomic mass is 35.5. The molecule has 38 heavy (non-hydrogen) atoms. The van der Waals surface area contributed by atoms with E-state index < -0.39 is 11.2 Å². The van der Waals surface area contributed by atoms with Gasteiger partial charge >= 0.3 is 5.69 Å². The van der Waals surface area contributed by atoms with E-state index in [2.05, 4.69) is 9.97 Å². The summed E-state index contributed by atoms with van der Waals surface area (Å²) in [5.41, 5.74) is 0.474. The molecule has 0 aliphatic carbocycles. The van der Waals surface area contributed by atoms with E-state index in [4.69, 9.17) is 30.2 Å². The molecular weight excluding hydrogens is 514 g/mol. The number of aromatic nitrogens is 5. The molecule has 0 amide bonds. The molecule has 1 saturated heterocycles. The Hall–Kier alpha value is -3.41. The number of oxazole rings is 1. The second-order valence-corrected chi connectivity index (χ2v) is 9.69. The molecule has 4 heterocycles. The quantitative estimate of drug-likeness (QED) is 0.279. The van der Waals surface area contributed by atoms with Gasteiger partial charge < -0.3 is 18.6 Å². The van der Waals surface area contributed by atoms with Crippen molar-refractivity contribution in [3.05, 3.63) is 73.5 Å². The first-order valence-corrected chi connectivity index (χ1v) is 13.0. The van der Waals surface area contributed by atoms with E-state index in [0.717, 1.165) is 24.8 Å². The van der Waals surface area contributed by atoms with Gasteiger partial charge in [-0.05, 0) is 50.3 Å². The molecule has 3 aromatic heterocycles. The maximum atomic E-state index is 13.7. The molecule has 1 fully saturated rings. The van der Waals surface area contributed by atoms with E-state index in [1.165, 1.54) is 9.13 Å². The number of nitrogens with zero attached hydrogens (tertiary/aromatic N) is 5. The molecule has 202 valence electrons. The summed E-state index contributed by atoms with van der Waals surface area (Å²) in [5, 5.41) is 0.602. The highest BCUT2D eigenvalue weighted by Crippen LogP contribution is 2.22. The average Bonchev–Trinajstić information content (AvgIpc) is 3.50. The third kappa shape index (κ3) is 5.69. The van der Waals surface area contributed by atoms with Gasteiger partial charge in [-0.25, -0.2) is 9.78 Å². The molecule has 0 N–H and O–H groups in total. The van der Waals surface area contributed by atoms with Crippen LogP contribution in [0.2, 0.25) is 5.02 Å². The number of rotatable bonds is 10. The average molecular weight is 544 g/mol. The number of ether oxygens (including phenoxy) is 3. The van der Waals surface area contributed by atoms with Gasteiger partial charge in [0, 0.05) is 25.2 Å². The molecule has 0 spiro atoms. The van der Waals surface area contributed by atoms with E-state index in [9.17, 15) is 9.59 Å². The zero-order valence-electron chi connectivity index (χ0n) is 21.4. The molecule has 12 heteroatoms.